The number of nitrogens with one attached hydrogen (secondary N) is 1. The van der Waals surface area contributed by atoms with Gasteiger partial charge >= 0.3 is 0 Å². The third kappa shape index (κ3) is 2.89. The van der Waals surface area contributed by atoms with Crippen molar-refractivity contribution in [2.45, 2.75) is 45.4 Å². The highest BCUT2D eigenvalue weighted by atomic mass is 16.2. The molecule has 1 aromatic carbocycles. The van der Waals surface area contributed by atoms with Gasteiger partial charge in [-0.3, -0.25) is 4.79 Å². The monoisotopic (exact) mass is 364 g/mol. The van der Waals surface area contributed by atoms with E-state index in [4.69, 9.17) is 5.10 Å². The first-order chi connectivity index (χ1) is 13.2. The van der Waals surface area contributed by atoms with Gasteiger partial charge in [0.1, 0.15) is 0 Å². The summed E-state index contributed by atoms with van der Waals surface area (Å²) in [6.45, 7) is 6.07. The van der Waals surface area contributed by atoms with Gasteiger partial charge in [0, 0.05) is 30.9 Å². The number of hydrogen-bond acceptors (Lipinski definition) is 3. The Labute approximate surface area is 160 Å². The molecule has 2 fully saturated rings. The lowest BCUT2D eigenvalue weighted by Crippen LogP contribution is -2.44. The Kier molecular flexibility index (Phi) is 4.08. The maximum Gasteiger partial charge on any atom is 0.274 e. The molecule has 2 aliphatic heterocycles. The van der Waals surface area contributed by atoms with Gasteiger partial charge in [-0.15, -0.1) is 0 Å². The van der Waals surface area contributed by atoms with Crippen LogP contribution < -0.4 is 5.32 Å². The molecular weight excluding hydrogens is 336 g/mol. The standard InChI is InChI=1S/C22H28N4O/c1-16-5-7-17(8-6-16)26-19-4-2-3-18(19)20(24-26)21(27)25-13-10-22(11-14-25)9-12-23-15-22/h5-8,23H,2-4,9-15H2,1H3. The molecule has 0 unspecified atom stereocenters. The van der Waals surface area contributed by atoms with E-state index in [1.165, 1.54) is 23.2 Å². The molecule has 0 atom stereocenters. The number of rotatable bonds is 2. The molecule has 0 bridgehead atoms. The number of likely N-dealkylation sites (tertiary alicyclic amines) is 1. The molecule has 0 saturated carbocycles. The van der Waals surface area contributed by atoms with Crippen LogP contribution in [-0.4, -0.2) is 46.8 Å². The molecule has 3 aliphatic rings. The summed E-state index contributed by atoms with van der Waals surface area (Å²) in [5.41, 5.74) is 5.84. The van der Waals surface area contributed by atoms with Crippen LogP contribution >= 0.6 is 0 Å². The summed E-state index contributed by atoms with van der Waals surface area (Å²) in [5.74, 6) is 0.139. The summed E-state index contributed by atoms with van der Waals surface area (Å²) >= 11 is 0. The second-order valence-corrected chi connectivity index (χ2v) is 8.59. The maximum absolute atomic E-state index is 13.3. The number of benzene rings is 1. The van der Waals surface area contributed by atoms with Gasteiger partial charge in [-0.25, -0.2) is 4.68 Å². The number of nitrogens with zero attached hydrogens (tertiary/aromatic N) is 3. The van der Waals surface area contributed by atoms with E-state index >= 15 is 0 Å². The Morgan fingerprint density at radius 2 is 1.89 bits per heavy atom. The number of carbonyl (C=O) groups excluding carboxylic acids is 1. The smallest absolute Gasteiger partial charge is 0.274 e. The minimum atomic E-state index is 0.139. The van der Waals surface area contributed by atoms with Crippen LogP contribution in [-0.2, 0) is 12.8 Å². The summed E-state index contributed by atoms with van der Waals surface area (Å²) in [4.78, 5) is 15.3. The topological polar surface area (TPSA) is 50.2 Å². The Morgan fingerprint density at radius 3 is 2.59 bits per heavy atom. The van der Waals surface area contributed by atoms with E-state index in [1.54, 1.807) is 0 Å². The first kappa shape index (κ1) is 17.0. The van der Waals surface area contributed by atoms with Crippen LogP contribution in [0.2, 0.25) is 0 Å². The molecule has 1 aliphatic carbocycles. The third-order valence-corrected chi connectivity index (χ3v) is 6.85. The van der Waals surface area contributed by atoms with Crippen LogP contribution in [0.1, 0.15) is 53.0 Å². The van der Waals surface area contributed by atoms with Crippen molar-refractivity contribution in [2.75, 3.05) is 26.2 Å². The summed E-state index contributed by atoms with van der Waals surface area (Å²) in [6, 6.07) is 8.43. The highest BCUT2D eigenvalue weighted by Crippen LogP contribution is 2.37. The second-order valence-electron chi connectivity index (χ2n) is 8.59. The number of aryl methyl sites for hydroxylation is 1. The van der Waals surface area contributed by atoms with Gasteiger partial charge < -0.3 is 10.2 Å². The Bertz CT molecular complexity index is 851. The largest absolute Gasteiger partial charge is 0.337 e. The zero-order chi connectivity index (χ0) is 18.4. The molecule has 142 valence electrons. The lowest BCUT2D eigenvalue weighted by Gasteiger charge is -2.38. The number of aromatic nitrogens is 2. The molecule has 27 heavy (non-hydrogen) atoms. The predicted molar refractivity (Wildman–Crippen MR) is 105 cm³/mol. The van der Waals surface area contributed by atoms with E-state index in [2.05, 4.69) is 36.5 Å². The van der Waals surface area contributed by atoms with Crippen molar-refractivity contribution in [1.29, 1.82) is 0 Å². The lowest BCUT2D eigenvalue weighted by molar-refractivity contribution is 0.0600. The molecule has 2 aromatic rings. The average Bonchev–Trinajstić information content (AvgIpc) is 3.40. The van der Waals surface area contributed by atoms with E-state index in [0.717, 1.165) is 64.0 Å². The van der Waals surface area contributed by atoms with Gasteiger partial charge in [-0.05, 0) is 69.5 Å². The molecule has 0 radical (unpaired) electrons. The molecular formula is C22H28N4O. The predicted octanol–water partition coefficient (Wildman–Crippen LogP) is 2.89. The van der Waals surface area contributed by atoms with Gasteiger partial charge in [0.15, 0.2) is 5.69 Å². The Balaban J connectivity index is 1.41. The molecule has 5 nitrogen and oxygen atoms in total. The van der Waals surface area contributed by atoms with Crippen molar-refractivity contribution in [3.8, 4) is 5.69 Å². The molecule has 5 rings (SSSR count). The molecule has 1 spiro atoms. The molecule has 3 heterocycles. The van der Waals surface area contributed by atoms with E-state index < -0.39 is 0 Å². The van der Waals surface area contributed by atoms with Gasteiger partial charge in [-0.2, -0.15) is 5.10 Å². The van der Waals surface area contributed by atoms with Gasteiger partial charge in [0.2, 0.25) is 0 Å². The summed E-state index contributed by atoms with van der Waals surface area (Å²) < 4.78 is 2.02. The first-order valence-corrected chi connectivity index (χ1v) is 10.3. The van der Waals surface area contributed by atoms with E-state index in [-0.39, 0.29) is 5.91 Å². The molecule has 1 aromatic heterocycles. The van der Waals surface area contributed by atoms with Crippen molar-refractivity contribution < 1.29 is 4.79 Å². The fourth-order valence-electron chi connectivity index (χ4n) is 5.06. The van der Waals surface area contributed by atoms with E-state index in [9.17, 15) is 4.79 Å². The molecule has 2 saturated heterocycles. The fraction of sp³-hybridized carbons (Fsp3) is 0.545. The van der Waals surface area contributed by atoms with E-state index in [1.807, 2.05) is 9.58 Å². The van der Waals surface area contributed by atoms with Crippen LogP contribution in [0.3, 0.4) is 0 Å². The van der Waals surface area contributed by atoms with E-state index in [0.29, 0.717) is 11.1 Å². The number of carbonyl (C=O) groups is 1. The summed E-state index contributed by atoms with van der Waals surface area (Å²) in [6.07, 6.45) is 6.60. The van der Waals surface area contributed by atoms with Crippen molar-refractivity contribution in [1.82, 2.24) is 20.0 Å². The van der Waals surface area contributed by atoms with Crippen LogP contribution in [0.15, 0.2) is 24.3 Å². The lowest BCUT2D eigenvalue weighted by atomic mass is 9.78. The number of fused-ring (bicyclic) bond motifs is 1. The van der Waals surface area contributed by atoms with Gasteiger partial charge in [0.05, 0.1) is 5.69 Å². The molecule has 1 amide bonds. The number of amides is 1. The zero-order valence-electron chi connectivity index (χ0n) is 16.1. The second kappa shape index (κ2) is 6.48. The van der Waals surface area contributed by atoms with Crippen LogP contribution in [0.5, 0.6) is 0 Å². The number of piperidine rings is 1. The van der Waals surface area contributed by atoms with Gasteiger partial charge in [0.25, 0.3) is 5.91 Å². The molecule has 1 N–H and O–H groups in total. The summed E-state index contributed by atoms with van der Waals surface area (Å²) in [5, 5.41) is 8.31. The van der Waals surface area contributed by atoms with Crippen LogP contribution in [0.4, 0.5) is 0 Å². The molecule has 5 heteroatoms. The average molecular weight is 364 g/mol. The Hall–Kier alpha value is -2.14. The normalized spacial score (nSPS) is 21.0. The van der Waals surface area contributed by atoms with Crippen molar-refractivity contribution in [2.24, 2.45) is 5.41 Å². The van der Waals surface area contributed by atoms with Gasteiger partial charge in [-0.1, -0.05) is 17.7 Å². The Morgan fingerprint density at radius 1 is 1.11 bits per heavy atom. The SMILES string of the molecule is Cc1ccc(-n2nc(C(=O)N3CCC4(CCNC4)CC3)c3c2CCC3)cc1. The zero-order valence-corrected chi connectivity index (χ0v) is 16.1. The van der Waals surface area contributed by atoms with Crippen molar-refractivity contribution in [3.63, 3.8) is 0 Å². The summed E-state index contributed by atoms with van der Waals surface area (Å²) in [7, 11) is 0. The minimum Gasteiger partial charge on any atom is -0.337 e. The highest BCUT2D eigenvalue weighted by molar-refractivity contribution is 5.94. The quantitative estimate of drug-likeness (QED) is 0.891. The minimum absolute atomic E-state index is 0.139. The first-order valence-electron chi connectivity index (χ1n) is 10.3. The maximum atomic E-state index is 13.3. The fourth-order valence-corrected chi connectivity index (χ4v) is 5.06. The third-order valence-electron chi connectivity index (χ3n) is 6.85. The van der Waals surface area contributed by atoms with Crippen LogP contribution in [0, 0.1) is 12.3 Å². The van der Waals surface area contributed by atoms with Crippen molar-refractivity contribution >= 4 is 5.91 Å². The highest BCUT2D eigenvalue weighted by Gasteiger charge is 2.39. The van der Waals surface area contributed by atoms with Crippen molar-refractivity contribution in [3.05, 3.63) is 46.8 Å². The van der Waals surface area contributed by atoms with Crippen LogP contribution in [0.25, 0.3) is 5.69 Å². The number of hydrogen-bond donors (Lipinski definition) is 1.